The van der Waals surface area contributed by atoms with Gasteiger partial charge in [0.1, 0.15) is 0 Å². The predicted molar refractivity (Wildman–Crippen MR) is 135 cm³/mol. The van der Waals surface area contributed by atoms with Gasteiger partial charge in [0.05, 0.1) is 11.5 Å². The summed E-state index contributed by atoms with van der Waals surface area (Å²) >= 11 is 3.91. The minimum Gasteiger partial charge on any atom is -0.303 e. The van der Waals surface area contributed by atoms with Crippen molar-refractivity contribution in [1.29, 1.82) is 5.26 Å². The second-order valence-corrected chi connectivity index (χ2v) is 10.5. The molecule has 0 aliphatic carbocycles. The fraction of sp³-hybridized carbons (Fsp3) is 0.593. The summed E-state index contributed by atoms with van der Waals surface area (Å²) in [5.41, 5.74) is 0.653. The van der Waals surface area contributed by atoms with Gasteiger partial charge < -0.3 is 4.90 Å². The van der Waals surface area contributed by atoms with Crippen LogP contribution in [-0.2, 0) is 5.41 Å². The van der Waals surface area contributed by atoms with E-state index in [1.54, 1.807) is 0 Å². The molecule has 1 aliphatic rings. The van der Waals surface area contributed by atoms with Gasteiger partial charge in [0.15, 0.2) is 0 Å². The maximum atomic E-state index is 10.6. The Bertz CT molecular complexity index is 887. The van der Waals surface area contributed by atoms with Crippen LogP contribution in [0.25, 0.3) is 10.8 Å². The number of nitriles is 1. The van der Waals surface area contributed by atoms with Crippen molar-refractivity contribution in [2.75, 3.05) is 26.2 Å². The standard InChI is InChI=1S/C27H38BrN3/c1-21(2)31(22(3)4)19-15-27(20-29,14-18-30-16-8-5-9-17-30)25-13-12-23-10-6-7-11-24(23)26(25)28/h6-7,10-13,21-22H,5,8-9,14-19H2,1-4H3. The van der Waals surface area contributed by atoms with Crippen molar-refractivity contribution < 1.29 is 0 Å². The van der Waals surface area contributed by atoms with Gasteiger partial charge in [-0.25, -0.2) is 0 Å². The molecule has 3 rings (SSSR count). The Hall–Kier alpha value is -1.41. The molecule has 0 aromatic heterocycles. The molecule has 2 aromatic carbocycles. The van der Waals surface area contributed by atoms with Crippen LogP contribution in [0.5, 0.6) is 0 Å². The van der Waals surface area contributed by atoms with Crippen molar-refractivity contribution in [2.45, 2.75) is 77.3 Å². The van der Waals surface area contributed by atoms with E-state index in [-0.39, 0.29) is 0 Å². The van der Waals surface area contributed by atoms with Gasteiger partial charge in [0.2, 0.25) is 0 Å². The molecule has 1 aliphatic heterocycles. The zero-order valence-electron chi connectivity index (χ0n) is 19.7. The Balaban J connectivity index is 1.96. The van der Waals surface area contributed by atoms with Crippen LogP contribution >= 0.6 is 15.9 Å². The van der Waals surface area contributed by atoms with E-state index in [4.69, 9.17) is 0 Å². The lowest BCUT2D eigenvalue weighted by Gasteiger charge is -2.37. The van der Waals surface area contributed by atoms with Gasteiger partial charge in [0.25, 0.3) is 0 Å². The summed E-state index contributed by atoms with van der Waals surface area (Å²) in [6.07, 6.45) is 5.64. The second-order valence-electron chi connectivity index (χ2n) is 9.67. The van der Waals surface area contributed by atoms with Gasteiger partial charge in [-0.2, -0.15) is 5.26 Å². The summed E-state index contributed by atoms with van der Waals surface area (Å²) in [5, 5.41) is 13.0. The summed E-state index contributed by atoms with van der Waals surface area (Å²) in [4.78, 5) is 5.08. The molecule has 1 atom stereocenters. The quantitative estimate of drug-likeness (QED) is 0.395. The number of rotatable bonds is 9. The number of halogens is 1. The summed E-state index contributed by atoms with van der Waals surface area (Å²) in [6.45, 7) is 13.3. The van der Waals surface area contributed by atoms with Gasteiger partial charge in [-0.05, 0) is 105 Å². The normalized spacial score (nSPS) is 17.4. The first-order valence-electron chi connectivity index (χ1n) is 11.9. The molecule has 0 saturated carbocycles. The number of likely N-dealkylation sites (tertiary alicyclic amines) is 1. The van der Waals surface area contributed by atoms with E-state index in [2.05, 4.69) is 95.9 Å². The molecule has 0 radical (unpaired) electrons. The second kappa shape index (κ2) is 10.9. The SMILES string of the molecule is CC(C)N(CCC(C#N)(CCN1CCCCC1)c1ccc2ccccc2c1Br)C(C)C. The highest BCUT2D eigenvalue weighted by atomic mass is 79.9. The Morgan fingerprint density at radius 3 is 2.32 bits per heavy atom. The third kappa shape index (κ3) is 5.69. The first kappa shape index (κ1) is 24.2. The highest BCUT2D eigenvalue weighted by molar-refractivity contribution is 9.10. The molecule has 31 heavy (non-hydrogen) atoms. The van der Waals surface area contributed by atoms with Crippen molar-refractivity contribution in [1.82, 2.24) is 9.80 Å². The van der Waals surface area contributed by atoms with Crippen molar-refractivity contribution in [3.63, 3.8) is 0 Å². The van der Waals surface area contributed by atoms with Gasteiger partial charge in [-0.3, -0.25) is 4.90 Å². The molecule has 0 N–H and O–H groups in total. The molecule has 0 bridgehead atoms. The van der Waals surface area contributed by atoms with E-state index in [0.29, 0.717) is 12.1 Å². The molecule has 0 amide bonds. The van der Waals surface area contributed by atoms with E-state index >= 15 is 0 Å². The zero-order chi connectivity index (χ0) is 22.4. The predicted octanol–water partition coefficient (Wildman–Crippen LogP) is 6.75. The first-order chi connectivity index (χ1) is 14.9. The molecule has 2 aromatic rings. The monoisotopic (exact) mass is 483 g/mol. The van der Waals surface area contributed by atoms with Crippen LogP contribution in [0, 0.1) is 11.3 Å². The minimum atomic E-state index is -0.498. The van der Waals surface area contributed by atoms with E-state index in [0.717, 1.165) is 36.0 Å². The Labute approximate surface area is 197 Å². The summed E-state index contributed by atoms with van der Waals surface area (Å²) < 4.78 is 1.09. The number of nitrogens with zero attached hydrogens (tertiary/aromatic N) is 3. The van der Waals surface area contributed by atoms with Crippen molar-refractivity contribution in [2.24, 2.45) is 0 Å². The lowest BCUT2D eigenvalue weighted by atomic mass is 9.75. The van der Waals surface area contributed by atoms with Crippen LogP contribution in [0.2, 0.25) is 0 Å². The lowest BCUT2D eigenvalue weighted by molar-refractivity contribution is 0.155. The Kier molecular flexibility index (Phi) is 8.56. The molecule has 1 unspecified atom stereocenters. The molecule has 1 heterocycles. The molecule has 1 fully saturated rings. The average Bonchev–Trinajstić information content (AvgIpc) is 2.77. The van der Waals surface area contributed by atoms with E-state index in [9.17, 15) is 5.26 Å². The highest BCUT2D eigenvalue weighted by Crippen LogP contribution is 2.40. The van der Waals surface area contributed by atoms with E-state index < -0.39 is 5.41 Å². The molecular weight excluding hydrogens is 446 g/mol. The molecule has 4 heteroatoms. The highest BCUT2D eigenvalue weighted by Gasteiger charge is 2.36. The van der Waals surface area contributed by atoms with Crippen LogP contribution in [0.4, 0.5) is 0 Å². The molecule has 168 valence electrons. The van der Waals surface area contributed by atoms with Gasteiger partial charge in [-0.15, -0.1) is 0 Å². The molecular formula is C27H38BrN3. The Morgan fingerprint density at radius 2 is 1.68 bits per heavy atom. The summed E-state index contributed by atoms with van der Waals surface area (Å²) in [6, 6.07) is 16.6. The fourth-order valence-corrected chi connectivity index (χ4v) is 6.01. The van der Waals surface area contributed by atoms with Crippen LogP contribution in [-0.4, -0.2) is 48.1 Å². The summed E-state index contributed by atoms with van der Waals surface area (Å²) in [7, 11) is 0. The van der Waals surface area contributed by atoms with E-state index in [1.807, 2.05) is 0 Å². The van der Waals surface area contributed by atoms with E-state index in [1.165, 1.54) is 43.1 Å². The smallest absolute Gasteiger partial charge is 0.0857 e. The zero-order valence-corrected chi connectivity index (χ0v) is 21.3. The minimum absolute atomic E-state index is 0.471. The number of piperidine rings is 1. The van der Waals surface area contributed by atoms with Crippen molar-refractivity contribution >= 4 is 26.7 Å². The van der Waals surface area contributed by atoms with Crippen LogP contribution < -0.4 is 0 Å². The fourth-order valence-electron chi connectivity index (χ4n) is 5.13. The third-order valence-corrected chi connectivity index (χ3v) is 7.87. The first-order valence-corrected chi connectivity index (χ1v) is 12.7. The molecule has 0 spiro atoms. The Morgan fingerprint density at radius 1 is 1.00 bits per heavy atom. The van der Waals surface area contributed by atoms with Crippen LogP contribution in [0.1, 0.15) is 65.4 Å². The summed E-state index contributed by atoms with van der Waals surface area (Å²) in [5.74, 6) is 0. The largest absolute Gasteiger partial charge is 0.303 e. The third-order valence-electron chi connectivity index (χ3n) is 7.02. The van der Waals surface area contributed by atoms with Crippen molar-refractivity contribution in [3.05, 3.63) is 46.4 Å². The van der Waals surface area contributed by atoms with Gasteiger partial charge >= 0.3 is 0 Å². The molecule has 3 nitrogen and oxygen atoms in total. The number of hydrogen-bond donors (Lipinski definition) is 0. The van der Waals surface area contributed by atoms with Crippen LogP contribution in [0.15, 0.2) is 40.9 Å². The topological polar surface area (TPSA) is 30.3 Å². The van der Waals surface area contributed by atoms with Crippen molar-refractivity contribution in [3.8, 4) is 6.07 Å². The maximum absolute atomic E-state index is 10.6. The number of hydrogen-bond acceptors (Lipinski definition) is 3. The molecule has 1 saturated heterocycles. The number of fused-ring (bicyclic) bond motifs is 1. The lowest BCUT2D eigenvalue weighted by Crippen LogP contribution is -2.42. The number of benzene rings is 2. The average molecular weight is 485 g/mol. The van der Waals surface area contributed by atoms with Gasteiger partial charge in [0, 0.05) is 23.1 Å². The van der Waals surface area contributed by atoms with Gasteiger partial charge in [-0.1, -0.05) is 42.8 Å². The maximum Gasteiger partial charge on any atom is 0.0857 e. The van der Waals surface area contributed by atoms with Crippen LogP contribution in [0.3, 0.4) is 0 Å².